The number of carbonyl (C=O) groups excluding carboxylic acids is 1. The molecule has 1 heterocycles. The van der Waals surface area contributed by atoms with Crippen LogP contribution in [0, 0.1) is 0 Å². The number of methoxy groups -OCH3 is 1. The molecule has 0 aliphatic carbocycles. The fraction of sp³-hybridized carbons (Fsp3) is 0.278. The molecule has 1 aliphatic heterocycles. The maximum atomic E-state index is 13.0. The van der Waals surface area contributed by atoms with Gasteiger partial charge in [-0.05, 0) is 36.8 Å². The molecule has 2 atom stereocenters. The summed E-state index contributed by atoms with van der Waals surface area (Å²) in [6.45, 7) is 1.79. The van der Waals surface area contributed by atoms with Crippen LogP contribution in [0.4, 0.5) is 18.9 Å². The second-order valence-corrected chi connectivity index (χ2v) is 5.70. The Morgan fingerprint density at radius 3 is 2.50 bits per heavy atom. The summed E-state index contributed by atoms with van der Waals surface area (Å²) in [4.78, 5) is 14.2. The van der Waals surface area contributed by atoms with Crippen molar-refractivity contribution in [1.82, 2.24) is 0 Å². The predicted molar refractivity (Wildman–Crippen MR) is 83.9 cm³/mol. The van der Waals surface area contributed by atoms with E-state index in [0.29, 0.717) is 5.56 Å². The standard InChI is InChI=1S/C18H16F3NO2/c1-11(24-2)16-14-8-3-4-9-15(14)17(23)22(16)13-7-5-6-12(10-13)18(19,20)21/h3-11,16H,1-2H3. The molecule has 0 fully saturated rings. The first-order valence-corrected chi connectivity index (χ1v) is 7.47. The van der Waals surface area contributed by atoms with E-state index >= 15 is 0 Å². The zero-order valence-electron chi connectivity index (χ0n) is 13.2. The summed E-state index contributed by atoms with van der Waals surface area (Å²) in [5.41, 5.74) is 0.672. The molecular formula is C18H16F3NO2. The van der Waals surface area contributed by atoms with Gasteiger partial charge in [0.05, 0.1) is 17.7 Å². The summed E-state index contributed by atoms with van der Waals surface area (Å²) in [5.74, 6) is -0.321. The summed E-state index contributed by atoms with van der Waals surface area (Å²) in [7, 11) is 1.51. The smallest absolute Gasteiger partial charge is 0.379 e. The SMILES string of the molecule is COC(C)C1c2ccccc2C(=O)N1c1cccc(C(F)(F)F)c1. The lowest BCUT2D eigenvalue weighted by molar-refractivity contribution is -0.137. The van der Waals surface area contributed by atoms with Crippen molar-refractivity contribution in [3.8, 4) is 0 Å². The Morgan fingerprint density at radius 2 is 1.83 bits per heavy atom. The van der Waals surface area contributed by atoms with E-state index in [2.05, 4.69) is 0 Å². The average molecular weight is 335 g/mol. The molecule has 1 aliphatic rings. The number of benzene rings is 2. The third-order valence-electron chi connectivity index (χ3n) is 4.27. The molecule has 0 saturated carbocycles. The van der Waals surface area contributed by atoms with Crippen molar-refractivity contribution in [3.63, 3.8) is 0 Å². The Morgan fingerprint density at radius 1 is 1.12 bits per heavy atom. The maximum Gasteiger partial charge on any atom is 0.416 e. The van der Waals surface area contributed by atoms with Gasteiger partial charge in [0.25, 0.3) is 5.91 Å². The summed E-state index contributed by atoms with van der Waals surface area (Å²) < 4.78 is 44.4. The lowest BCUT2D eigenvalue weighted by atomic mass is 10.0. The van der Waals surface area contributed by atoms with Gasteiger partial charge in [-0.15, -0.1) is 0 Å². The molecule has 0 spiro atoms. The van der Waals surface area contributed by atoms with Crippen LogP contribution >= 0.6 is 0 Å². The summed E-state index contributed by atoms with van der Waals surface area (Å²) >= 11 is 0. The molecule has 0 saturated heterocycles. The van der Waals surface area contributed by atoms with Crippen LogP contribution in [0.15, 0.2) is 48.5 Å². The van der Waals surface area contributed by atoms with Gasteiger partial charge in [-0.25, -0.2) is 0 Å². The highest BCUT2D eigenvalue weighted by atomic mass is 19.4. The van der Waals surface area contributed by atoms with E-state index in [-0.39, 0.29) is 17.7 Å². The van der Waals surface area contributed by atoms with Crippen molar-refractivity contribution in [2.75, 3.05) is 12.0 Å². The van der Waals surface area contributed by atoms with Crippen molar-refractivity contribution < 1.29 is 22.7 Å². The number of anilines is 1. The third kappa shape index (κ3) is 2.67. The molecule has 0 bridgehead atoms. The summed E-state index contributed by atoms with van der Waals surface area (Å²) in [6, 6.07) is 11.4. The molecule has 126 valence electrons. The monoisotopic (exact) mass is 335 g/mol. The third-order valence-corrected chi connectivity index (χ3v) is 4.27. The number of hydrogen-bond donors (Lipinski definition) is 0. The lowest BCUT2D eigenvalue weighted by Crippen LogP contribution is -2.34. The van der Waals surface area contributed by atoms with Crippen molar-refractivity contribution in [2.45, 2.75) is 25.2 Å². The van der Waals surface area contributed by atoms with E-state index in [1.54, 1.807) is 31.2 Å². The normalized spacial score (nSPS) is 18.6. The van der Waals surface area contributed by atoms with E-state index in [1.165, 1.54) is 24.1 Å². The minimum atomic E-state index is -4.46. The molecule has 24 heavy (non-hydrogen) atoms. The minimum Gasteiger partial charge on any atom is -0.379 e. The molecular weight excluding hydrogens is 319 g/mol. The Hall–Kier alpha value is -2.34. The number of alkyl halides is 3. The number of rotatable bonds is 3. The van der Waals surface area contributed by atoms with Crippen LogP contribution in [0.1, 0.15) is 34.5 Å². The highest BCUT2D eigenvalue weighted by Gasteiger charge is 2.41. The van der Waals surface area contributed by atoms with Crippen molar-refractivity contribution in [3.05, 3.63) is 65.2 Å². The number of halogens is 3. The number of hydrogen-bond acceptors (Lipinski definition) is 2. The van der Waals surface area contributed by atoms with Crippen molar-refractivity contribution in [1.29, 1.82) is 0 Å². The number of carbonyl (C=O) groups is 1. The molecule has 3 rings (SSSR count). The molecule has 0 N–H and O–H groups in total. The first kappa shape index (κ1) is 16.5. The van der Waals surface area contributed by atoms with Crippen molar-refractivity contribution in [2.24, 2.45) is 0 Å². The fourth-order valence-corrected chi connectivity index (χ4v) is 3.05. The molecule has 2 unspecified atom stereocenters. The average Bonchev–Trinajstić information content (AvgIpc) is 2.87. The molecule has 0 radical (unpaired) electrons. The number of nitrogens with zero attached hydrogens (tertiary/aromatic N) is 1. The van der Waals surface area contributed by atoms with Gasteiger partial charge in [0.15, 0.2) is 0 Å². The molecule has 2 aromatic rings. The van der Waals surface area contributed by atoms with Gasteiger partial charge in [-0.2, -0.15) is 13.2 Å². The van der Waals surface area contributed by atoms with Gasteiger partial charge >= 0.3 is 6.18 Å². The van der Waals surface area contributed by atoms with Gasteiger partial charge in [0.1, 0.15) is 0 Å². The molecule has 2 aromatic carbocycles. The molecule has 0 aromatic heterocycles. The second-order valence-electron chi connectivity index (χ2n) is 5.70. The van der Waals surface area contributed by atoms with Gasteiger partial charge in [-0.3, -0.25) is 9.69 Å². The maximum absolute atomic E-state index is 13.0. The van der Waals surface area contributed by atoms with E-state index in [0.717, 1.165) is 17.7 Å². The number of ether oxygens (including phenoxy) is 1. The summed E-state index contributed by atoms with van der Waals surface area (Å²) in [6.07, 6.45) is -4.83. The number of amides is 1. The quantitative estimate of drug-likeness (QED) is 0.830. The molecule has 1 amide bonds. The van der Waals surface area contributed by atoms with Gasteiger partial charge in [-0.1, -0.05) is 24.3 Å². The largest absolute Gasteiger partial charge is 0.416 e. The Balaban J connectivity index is 2.11. The fourth-order valence-electron chi connectivity index (χ4n) is 3.05. The van der Waals surface area contributed by atoms with Crippen molar-refractivity contribution >= 4 is 11.6 Å². The zero-order chi connectivity index (χ0) is 17.5. The van der Waals surface area contributed by atoms with Crippen LogP contribution in [-0.2, 0) is 10.9 Å². The van der Waals surface area contributed by atoms with Gasteiger partial charge in [0.2, 0.25) is 0 Å². The highest BCUT2D eigenvalue weighted by Crippen LogP contribution is 2.41. The Kier molecular flexibility index (Phi) is 4.09. The Labute approximate surface area is 137 Å². The lowest BCUT2D eigenvalue weighted by Gasteiger charge is -2.30. The van der Waals surface area contributed by atoms with Gasteiger partial charge in [0, 0.05) is 18.4 Å². The molecule has 6 heteroatoms. The first-order chi connectivity index (χ1) is 11.3. The van der Waals surface area contributed by atoms with Crippen LogP contribution < -0.4 is 4.90 Å². The highest BCUT2D eigenvalue weighted by molar-refractivity contribution is 6.11. The van der Waals surface area contributed by atoms with E-state index < -0.39 is 17.8 Å². The van der Waals surface area contributed by atoms with Gasteiger partial charge < -0.3 is 4.74 Å². The van der Waals surface area contributed by atoms with E-state index in [1.807, 2.05) is 0 Å². The second kappa shape index (κ2) is 5.94. The van der Waals surface area contributed by atoms with Crippen LogP contribution in [-0.4, -0.2) is 19.1 Å². The van der Waals surface area contributed by atoms with Crippen LogP contribution in [0.25, 0.3) is 0 Å². The predicted octanol–water partition coefficient (Wildman–Crippen LogP) is 4.44. The topological polar surface area (TPSA) is 29.5 Å². The van der Waals surface area contributed by atoms with E-state index in [4.69, 9.17) is 4.74 Å². The Bertz CT molecular complexity index is 773. The minimum absolute atomic E-state index is 0.208. The van der Waals surface area contributed by atoms with E-state index in [9.17, 15) is 18.0 Å². The first-order valence-electron chi connectivity index (χ1n) is 7.47. The van der Waals surface area contributed by atoms with Crippen LogP contribution in [0.5, 0.6) is 0 Å². The number of fused-ring (bicyclic) bond motifs is 1. The van der Waals surface area contributed by atoms with Crippen LogP contribution in [0.3, 0.4) is 0 Å². The zero-order valence-corrected chi connectivity index (χ0v) is 13.2. The van der Waals surface area contributed by atoms with Crippen LogP contribution in [0.2, 0.25) is 0 Å². The summed E-state index contributed by atoms with van der Waals surface area (Å²) in [5, 5.41) is 0. The molecule has 3 nitrogen and oxygen atoms in total.